The third-order valence-corrected chi connectivity index (χ3v) is 11.0. The van der Waals surface area contributed by atoms with E-state index < -0.39 is 18.2 Å². The minimum absolute atomic E-state index is 0.0617. The molecule has 6 heteroatoms. The molecule has 0 aromatic heterocycles. The van der Waals surface area contributed by atoms with Crippen LogP contribution in [0.15, 0.2) is 36.5 Å². The molecule has 56 heavy (non-hydrogen) atoms. The number of aliphatic hydroxyl groups excluding tert-OH is 2. The number of rotatable bonds is 43. The molecule has 0 saturated heterocycles. The number of carbonyl (C=O) groups excluding carboxylic acids is 2. The van der Waals surface area contributed by atoms with Crippen molar-refractivity contribution in [2.24, 2.45) is 0 Å². The normalized spacial score (nSPS) is 13.6. The summed E-state index contributed by atoms with van der Waals surface area (Å²) in [6.45, 7) is 6.42. The molecule has 3 unspecified atom stereocenters. The fourth-order valence-electron chi connectivity index (χ4n) is 7.24. The van der Waals surface area contributed by atoms with E-state index in [0.717, 1.165) is 83.5 Å². The summed E-state index contributed by atoms with van der Waals surface area (Å²) in [7, 11) is 0. The third-order valence-electron chi connectivity index (χ3n) is 11.0. The van der Waals surface area contributed by atoms with E-state index in [9.17, 15) is 19.8 Å². The molecule has 328 valence electrons. The highest BCUT2D eigenvalue weighted by Gasteiger charge is 2.24. The maximum Gasteiger partial charge on any atom is 0.306 e. The van der Waals surface area contributed by atoms with Crippen LogP contribution in [-0.2, 0) is 14.3 Å². The summed E-state index contributed by atoms with van der Waals surface area (Å²) in [5, 5.41) is 23.6. The number of hydrogen-bond acceptors (Lipinski definition) is 5. The van der Waals surface area contributed by atoms with Crippen LogP contribution in [0, 0.1) is 0 Å². The molecule has 0 saturated carbocycles. The largest absolute Gasteiger partial charge is 0.462 e. The van der Waals surface area contributed by atoms with Gasteiger partial charge >= 0.3 is 5.97 Å². The predicted molar refractivity (Wildman–Crippen MR) is 241 cm³/mol. The number of esters is 1. The molecule has 3 atom stereocenters. The second-order valence-electron chi connectivity index (χ2n) is 16.5. The van der Waals surface area contributed by atoms with Gasteiger partial charge in [-0.05, 0) is 77.0 Å². The molecule has 1 amide bonds. The van der Waals surface area contributed by atoms with Gasteiger partial charge in [-0.15, -0.1) is 0 Å². The maximum absolute atomic E-state index is 13.1. The fourth-order valence-corrected chi connectivity index (χ4v) is 7.24. The van der Waals surface area contributed by atoms with Crippen LogP contribution in [0.25, 0.3) is 0 Å². The topological polar surface area (TPSA) is 95.9 Å². The molecule has 0 aromatic carbocycles. The molecule has 0 aromatic rings. The van der Waals surface area contributed by atoms with Crippen LogP contribution in [-0.4, -0.2) is 46.9 Å². The lowest BCUT2D eigenvalue weighted by Crippen LogP contribution is -2.46. The first-order valence-corrected chi connectivity index (χ1v) is 24.2. The minimum atomic E-state index is -0.790. The van der Waals surface area contributed by atoms with Crippen LogP contribution in [0.5, 0.6) is 0 Å². The van der Waals surface area contributed by atoms with Crippen LogP contribution in [0.4, 0.5) is 0 Å². The lowest BCUT2D eigenvalue weighted by atomic mass is 10.0. The summed E-state index contributed by atoms with van der Waals surface area (Å²) in [6.07, 6.45) is 50.7. The molecule has 6 nitrogen and oxygen atoms in total. The summed E-state index contributed by atoms with van der Waals surface area (Å²) in [5.74, 6) is -0.506. The van der Waals surface area contributed by atoms with E-state index >= 15 is 0 Å². The summed E-state index contributed by atoms with van der Waals surface area (Å²) < 4.78 is 5.89. The van der Waals surface area contributed by atoms with E-state index in [0.29, 0.717) is 19.3 Å². The molecule has 0 aliphatic carbocycles. The van der Waals surface area contributed by atoms with Crippen LogP contribution in [0.2, 0.25) is 0 Å². The molecule has 3 N–H and O–H groups in total. The van der Waals surface area contributed by atoms with Crippen molar-refractivity contribution in [1.82, 2.24) is 5.32 Å². The van der Waals surface area contributed by atoms with Crippen molar-refractivity contribution in [2.45, 2.75) is 264 Å². The molecule has 0 fully saturated rings. The van der Waals surface area contributed by atoms with Gasteiger partial charge in [-0.2, -0.15) is 0 Å². The highest BCUT2D eigenvalue weighted by atomic mass is 16.5. The van der Waals surface area contributed by atoms with Crippen LogP contribution >= 0.6 is 0 Å². The minimum Gasteiger partial charge on any atom is -0.462 e. The van der Waals surface area contributed by atoms with Crippen LogP contribution in [0.3, 0.4) is 0 Å². The standard InChI is InChI=1S/C50H93NO5/c1-4-7-10-13-16-19-21-22-23-24-25-26-27-28-31-34-37-40-43-50(55)56-46(41-38-35-32-30-20-17-14-11-8-5-2)44-49(54)51-47(45-52)48(53)42-39-36-33-29-18-15-12-9-6-3/h17,20,23-26,46-48,52-53H,4-16,18-19,21-22,27-45H2,1-3H3,(H,51,54)/b20-17-,24-23+,26-25+. The van der Waals surface area contributed by atoms with Crippen molar-refractivity contribution in [3.8, 4) is 0 Å². The summed E-state index contributed by atoms with van der Waals surface area (Å²) in [5.41, 5.74) is 0. The molecule has 0 heterocycles. The van der Waals surface area contributed by atoms with Crippen molar-refractivity contribution < 1.29 is 24.5 Å². The van der Waals surface area contributed by atoms with Crippen molar-refractivity contribution in [3.05, 3.63) is 36.5 Å². The van der Waals surface area contributed by atoms with Crippen molar-refractivity contribution in [3.63, 3.8) is 0 Å². The number of unbranched alkanes of at least 4 members (excludes halogenated alkanes) is 26. The molecule has 0 aliphatic heterocycles. The van der Waals surface area contributed by atoms with E-state index in [1.165, 1.54) is 116 Å². The Labute approximate surface area is 347 Å². The molecular weight excluding hydrogens is 695 g/mol. The molecular formula is C50H93NO5. The first kappa shape index (κ1) is 54.1. The molecule has 0 radical (unpaired) electrons. The smallest absolute Gasteiger partial charge is 0.306 e. The van der Waals surface area contributed by atoms with Gasteiger partial charge in [-0.3, -0.25) is 9.59 Å². The van der Waals surface area contributed by atoms with Gasteiger partial charge in [0.2, 0.25) is 5.91 Å². The number of nitrogens with one attached hydrogen (secondary N) is 1. The van der Waals surface area contributed by atoms with Gasteiger partial charge in [-0.25, -0.2) is 0 Å². The molecule has 0 rings (SSSR count). The lowest BCUT2D eigenvalue weighted by molar-refractivity contribution is -0.151. The zero-order valence-corrected chi connectivity index (χ0v) is 37.3. The number of allylic oxidation sites excluding steroid dienone is 6. The van der Waals surface area contributed by atoms with Gasteiger partial charge < -0.3 is 20.3 Å². The Hall–Kier alpha value is -1.92. The molecule has 0 aliphatic rings. The number of carbonyl (C=O) groups is 2. The summed E-state index contributed by atoms with van der Waals surface area (Å²) >= 11 is 0. The Morgan fingerprint density at radius 1 is 0.518 bits per heavy atom. The van der Waals surface area contributed by atoms with E-state index in [1.807, 2.05) is 0 Å². The quantitative estimate of drug-likeness (QED) is 0.0247. The monoisotopic (exact) mass is 788 g/mol. The number of hydrogen-bond donors (Lipinski definition) is 3. The lowest BCUT2D eigenvalue weighted by Gasteiger charge is -2.24. The van der Waals surface area contributed by atoms with Gasteiger partial charge in [-0.1, -0.05) is 192 Å². The van der Waals surface area contributed by atoms with E-state index in [4.69, 9.17) is 4.74 Å². The third kappa shape index (κ3) is 38.9. The van der Waals surface area contributed by atoms with Gasteiger partial charge in [0.25, 0.3) is 0 Å². The number of ether oxygens (including phenoxy) is 1. The highest BCUT2D eigenvalue weighted by Crippen LogP contribution is 2.17. The number of amides is 1. The first-order chi connectivity index (χ1) is 27.5. The van der Waals surface area contributed by atoms with Gasteiger partial charge in [0.1, 0.15) is 6.10 Å². The van der Waals surface area contributed by atoms with Crippen LogP contribution in [0.1, 0.15) is 245 Å². The van der Waals surface area contributed by atoms with Gasteiger partial charge in [0.05, 0.1) is 25.2 Å². The number of aliphatic hydroxyl groups is 2. The SMILES string of the molecule is CCCCC/C=C\CCCCCC(CC(=O)NC(CO)C(O)CCCCCCCCCCC)OC(=O)CCCCCCC/C=C/C=C/CCCCCCCCC. The Morgan fingerprint density at radius 2 is 0.911 bits per heavy atom. The molecule has 0 spiro atoms. The first-order valence-electron chi connectivity index (χ1n) is 24.2. The molecule has 0 bridgehead atoms. The maximum atomic E-state index is 13.1. The Morgan fingerprint density at radius 3 is 1.43 bits per heavy atom. The van der Waals surface area contributed by atoms with E-state index in [2.05, 4.69) is 62.5 Å². The summed E-state index contributed by atoms with van der Waals surface area (Å²) in [6, 6.07) is -0.705. The Kier molecular flexibility index (Phi) is 42.7. The Balaban J connectivity index is 4.53. The highest BCUT2D eigenvalue weighted by molar-refractivity contribution is 5.77. The zero-order chi connectivity index (χ0) is 41.0. The Bertz CT molecular complexity index is 930. The van der Waals surface area contributed by atoms with Gasteiger partial charge in [0.15, 0.2) is 0 Å². The van der Waals surface area contributed by atoms with E-state index in [-0.39, 0.29) is 24.9 Å². The summed E-state index contributed by atoms with van der Waals surface area (Å²) in [4.78, 5) is 26.0. The zero-order valence-electron chi connectivity index (χ0n) is 37.3. The van der Waals surface area contributed by atoms with Crippen molar-refractivity contribution in [1.29, 1.82) is 0 Å². The average Bonchev–Trinajstić information content (AvgIpc) is 3.19. The van der Waals surface area contributed by atoms with E-state index in [1.54, 1.807) is 0 Å². The second kappa shape index (κ2) is 44.2. The predicted octanol–water partition coefficient (Wildman–Crippen LogP) is 14.1. The fraction of sp³-hybridized carbons (Fsp3) is 0.840. The van der Waals surface area contributed by atoms with Crippen molar-refractivity contribution in [2.75, 3.05) is 6.61 Å². The second-order valence-corrected chi connectivity index (χ2v) is 16.5. The van der Waals surface area contributed by atoms with Crippen molar-refractivity contribution >= 4 is 11.9 Å². The van der Waals surface area contributed by atoms with Crippen LogP contribution < -0.4 is 5.32 Å². The average molecular weight is 788 g/mol. The van der Waals surface area contributed by atoms with Gasteiger partial charge in [0, 0.05) is 6.42 Å².